The molecular formula is C26H30N4O3S. The minimum Gasteiger partial charge on any atom is -0.352 e. The van der Waals surface area contributed by atoms with E-state index in [0.717, 1.165) is 48.9 Å². The lowest BCUT2D eigenvalue weighted by Crippen LogP contribution is -2.51. The molecule has 178 valence electrons. The Morgan fingerprint density at radius 2 is 1.71 bits per heavy atom. The van der Waals surface area contributed by atoms with E-state index in [1.54, 1.807) is 12.1 Å². The molecule has 2 fully saturated rings. The van der Waals surface area contributed by atoms with Crippen LogP contribution in [-0.2, 0) is 21.4 Å². The van der Waals surface area contributed by atoms with Gasteiger partial charge in [-0.1, -0.05) is 36.4 Å². The van der Waals surface area contributed by atoms with Crippen molar-refractivity contribution in [1.82, 2.24) is 19.5 Å². The summed E-state index contributed by atoms with van der Waals surface area (Å²) in [7, 11) is -3.75. The van der Waals surface area contributed by atoms with Crippen molar-refractivity contribution in [3.63, 3.8) is 0 Å². The van der Waals surface area contributed by atoms with E-state index >= 15 is 0 Å². The monoisotopic (exact) mass is 478 g/mol. The summed E-state index contributed by atoms with van der Waals surface area (Å²) in [4.78, 5) is 20.1. The number of rotatable bonds is 6. The van der Waals surface area contributed by atoms with Crippen molar-refractivity contribution in [3.05, 3.63) is 72.6 Å². The zero-order valence-electron chi connectivity index (χ0n) is 19.1. The number of hydrogen-bond acceptors (Lipinski definition) is 5. The molecule has 3 heterocycles. The van der Waals surface area contributed by atoms with Crippen molar-refractivity contribution in [2.45, 2.75) is 49.2 Å². The average molecular weight is 479 g/mol. The van der Waals surface area contributed by atoms with Gasteiger partial charge in [0.15, 0.2) is 0 Å². The maximum atomic E-state index is 13.4. The molecule has 5 rings (SSSR count). The fourth-order valence-corrected chi connectivity index (χ4v) is 6.70. The largest absolute Gasteiger partial charge is 0.352 e. The Bertz CT molecular complexity index is 1260. The highest BCUT2D eigenvalue weighted by atomic mass is 32.2. The minimum absolute atomic E-state index is 0.0679. The Balaban J connectivity index is 1.21. The second-order valence-electron chi connectivity index (χ2n) is 9.16. The predicted octanol–water partition coefficient (Wildman–Crippen LogP) is 3.17. The third kappa shape index (κ3) is 4.85. The highest BCUT2D eigenvalue weighted by Gasteiger charge is 2.40. The van der Waals surface area contributed by atoms with E-state index in [9.17, 15) is 13.2 Å². The summed E-state index contributed by atoms with van der Waals surface area (Å²) in [6, 6.07) is 18.2. The molecule has 0 spiro atoms. The molecule has 3 aromatic rings. The molecule has 0 aliphatic carbocycles. The van der Waals surface area contributed by atoms with E-state index in [1.807, 2.05) is 54.7 Å². The molecule has 0 saturated carbocycles. The highest BCUT2D eigenvalue weighted by Crippen LogP contribution is 2.28. The number of likely N-dealkylation sites (tertiary alicyclic amines) is 1. The van der Waals surface area contributed by atoms with Gasteiger partial charge in [-0.3, -0.25) is 14.7 Å². The van der Waals surface area contributed by atoms with Crippen molar-refractivity contribution >= 4 is 26.7 Å². The van der Waals surface area contributed by atoms with Gasteiger partial charge in [-0.2, -0.15) is 4.31 Å². The molecule has 0 unspecified atom stereocenters. The van der Waals surface area contributed by atoms with Gasteiger partial charge in [-0.25, -0.2) is 8.42 Å². The van der Waals surface area contributed by atoms with Crippen LogP contribution in [0.25, 0.3) is 10.8 Å². The van der Waals surface area contributed by atoms with E-state index < -0.39 is 16.1 Å². The number of nitrogens with one attached hydrogen (secondary N) is 1. The molecule has 8 heteroatoms. The number of piperidine rings is 1. The van der Waals surface area contributed by atoms with E-state index in [0.29, 0.717) is 19.4 Å². The van der Waals surface area contributed by atoms with Crippen molar-refractivity contribution < 1.29 is 13.2 Å². The number of sulfonamides is 1. The van der Waals surface area contributed by atoms with Gasteiger partial charge < -0.3 is 5.32 Å². The molecule has 0 bridgehead atoms. The van der Waals surface area contributed by atoms with Gasteiger partial charge in [0, 0.05) is 38.4 Å². The number of carbonyl (C=O) groups excluding carboxylic acids is 1. The Morgan fingerprint density at radius 3 is 2.47 bits per heavy atom. The molecule has 2 saturated heterocycles. The van der Waals surface area contributed by atoms with Gasteiger partial charge in [0.1, 0.15) is 6.04 Å². The van der Waals surface area contributed by atoms with Crippen LogP contribution in [0.3, 0.4) is 0 Å². The Labute approximate surface area is 200 Å². The van der Waals surface area contributed by atoms with Crippen LogP contribution >= 0.6 is 0 Å². The topological polar surface area (TPSA) is 82.6 Å². The fraction of sp³-hybridized carbons (Fsp3) is 0.385. The fourth-order valence-electron chi connectivity index (χ4n) is 5.01. The number of fused-ring (bicyclic) bond motifs is 1. The van der Waals surface area contributed by atoms with Crippen LogP contribution in [-0.4, -0.2) is 60.2 Å². The summed E-state index contributed by atoms with van der Waals surface area (Å²) in [5.74, 6) is -0.176. The van der Waals surface area contributed by atoms with Crippen molar-refractivity contribution in [3.8, 4) is 0 Å². The quantitative estimate of drug-likeness (QED) is 0.589. The predicted molar refractivity (Wildman–Crippen MR) is 132 cm³/mol. The third-order valence-electron chi connectivity index (χ3n) is 6.88. The SMILES string of the molecule is O=C(NC1CCN(Cc2ccccn2)CC1)[C@@H]1CCCN1S(=O)(=O)c1ccc2ccccc2c1. The van der Waals surface area contributed by atoms with Crippen molar-refractivity contribution in [2.75, 3.05) is 19.6 Å². The lowest BCUT2D eigenvalue weighted by atomic mass is 10.0. The van der Waals surface area contributed by atoms with Crippen LogP contribution in [0.1, 0.15) is 31.4 Å². The highest BCUT2D eigenvalue weighted by molar-refractivity contribution is 7.89. The van der Waals surface area contributed by atoms with Crippen LogP contribution in [0.4, 0.5) is 0 Å². The van der Waals surface area contributed by atoms with E-state index in [1.165, 1.54) is 4.31 Å². The summed E-state index contributed by atoms with van der Waals surface area (Å²) >= 11 is 0. The van der Waals surface area contributed by atoms with Crippen molar-refractivity contribution in [1.29, 1.82) is 0 Å². The first-order valence-electron chi connectivity index (χ1n) is 11.9. The lowest BCUT2D eigenvalue weighted by molar-refractivity contribution is -0.125. The summed E-state index contributed by atoms with van der Waals surface area (Å²) < 4.78 is 28.3. The number of carbonyl (C=O) groups is 1. The third-order valence-corrected chi connectivity index (χ3v) is 8.78. The smallest absolute Gasteiger partial charge is 0.243 e. The van der Waals surface area contributed by atoms with E-state index in [2.05, 4.69) is 15.2 Å². The first-order valence-corrected chi connectivity index (χ1v) is 13.4. The second kappa shape index (κ2) is 9.82. The molecular weight excluding hydrogens is 448 g/mol. The first-order chi connectivity index (χ1) is 16.5. The number of aromatic nitrogens is 1. The zero-order chi connectivity index (χ0) is 23.5. The number of benzene rings is 2. The first kappa shape index (κ1) is 23.0. The van der Waals surface area contributed by atoms with Gasteiger partial charge >= 0.3 is 0 Å². The van der Waals surface area contributed by atoms with Gasteiger partial charge in [0.2, 0.25) is 15.9 Å². The summed E-state index contributed by atoms with van der Waals surface area (Å²) in [6.07, 6.45) is 4.75. The maximum Gasteiger partial charge on any atom is 0.243 e. The minimum atomic E-state index is -3.75. The van der Waals surface area contributed by atoms with E-state index in [4.69, 9.17) is 0 Å². The van der Waals surface area contributed by atoms with Crippen LogP contribution in [0, 0.1) is 0 Å². The summed E-state index contributed by atoms with van der Waals surface area (Å²) in [5, 5.41) is 5.01. The van der Waals surface area contributed by atoms with Crippen molar-refractivity contribution in [2.24, 2.45) is 0 Å². The molecule has 2 aliphatic rings. The molecule has 1 N–H and O–H groups in total. The number of amides is 1. The standard InChI is InChI=1S/C26H30N4O3S/c31-26(28-22-12-16-29(17-13-22)19-23-8-3-4-14-27-23)25-9-5-15-30(25)34(32,33)24-11-10-20-6-1-2-7-21(20)18-24/h1-4,6-8,10-11,14,18,22,25H,5,9,12-13,15-17,19H2,(H,28,31)/t25-/m0/s1. The summed E-state index contributed by atoms with van der Waals surface area (Å²) in [5.41, 5.74) is 1.05. The normalized spacial score (nSPS) is 20.5. The van der Waals surface area contributed by atoms with Gasteiger partial charge in [0.25, 0.3) is 0 Å². The molecule has 7 nitrogen and oxygen atoms in total. The number of nitrogens with zero attached hydrogens (tertiary/aromatic N) is 3. The van der Waals surface area contributed by atoms with Gasteiger partial charge in [-0.05, 0) is 60.7 Å². The van der Waals surface area contributed by atoms with Crippen LogP contribution in [0.2, 0.25) is 0 Å². The Morgan fingerprint density at radius 1 is 0.941 bits per heavy atom. The molecule has 1 amide bonds. The molecule has 2 aliphatic heterocycles. The van der Waals surface area contributed by atoms with Crippen LogP contribution < -0.4 is 5.32 Å². The van der Waals surface area contributed by atoms with Gasteiger partial charge in [-0.15, -0.1) is 0 Å². The average Bonchev–Trinajstić information content (AvgIpc) is 3.37. The molecule has 2 aromatic carbocycles. The number of pyridine rings is 1. The lowest BCUT2D eigenvalue weighted by Gasteiger charge is -2.33. The number of hydrogen-bond donors (Lipinski definition) is 1. The maximum absolute atomic E-state index is 13.4. The zero-order valence-corrected chi connectivity index (χ0v) is 20.0. The Kier molecular flexibility index (Phi) is 6.63. The molecule has 1 atom stereocenters. The molecule has 0 radical (unpaired) electrons. The molecule has 34 heavy (non-hydrogen) atoms. The van der Waals surface area contributed by atoms with Gasteiger partial charge in [0.05, 0.1) is 10.6 Å². The Hall–Kier alpha value is -2.81. The second-order valence-corrected chi connectivity index (χ2v) is 11.1. The van der Waals surface area contributed by atoms with Crippen LogP contribution in [0.15, 0.2) is 71.8 Å². The van der Waals surface area contributed by atoms with Crippen LogP contribution in [0.5, 0.6) is 0 Å². The summed E-state index contributed by atoms with van der Waals surface area (Å²) in [6.45, 7) is 2.94. The molecule has 1 aromatic heterocycles. The van der Waals surface area contributed by atoms with E-state index in [-0.39, 0.29) is 16.8 Å².